The Kier molecular flexibility index (Phi) is 6.02. The number of carbonyl (C=O) groups is 1. The molecule has 1 aliphatic heterocycles. The monoisotopic (exact) mass is 320 g/mol. The molecule has 0 saturated heterocycles. The lowest BCUT2D eigenvalue weighted by Gasteiger charge is -2.37. The van der Waals surface area contributed by atoms with Gasteiger partial charge in [-0.1, -0.05) is 45.1 Å². The molecule has 1 amide bonds. The highest BCUT2D eigenvalue weighted by Gasteiger charge is 2.45. The fourth-order valence-corrected chi connectivity index (χ4v) is 3.02. The number of hydrogen-bond acceptors (Lipinski definition) is 4. The van der Waals surface area contributed by atoms with Crippen LogP contribution in [0.25, 0.3) is 0 Å². The molecule has 0 fully saturated rings. The number of nitrogen functional groups attached to an aromatic ring is 1. The van der Waals surface area contributed by atoms with Crippen molar-refractivity contribution < 1.29 is 14.6 Å². The van der Waals surface area contributed by atoms with Gasteiger partial charge in [0.25, 0.3) is 11.7 Å². The largest absolute Gasteiger partial charge is 0.398 e. The van der Waals surface area contributed by atoms with E-state index in [0.29, 0.717) is 12.3 Å². The molecule has 1 atom stereocenters. The molecule has 5 heteroatoms. The second kappa shape index (κ2) is 7.79. The molecule has 1 aliphatic rings. The molecule has 1 unspecified atom stereocenters. The van der Waals surface area contributed by atoms with Crippen molar-refractivity contribution in [1.82, 2.24) is 0 Å². The smallest absolute Gasteiger partial charge is 0.287 e. The molecule has 0 spiro atoms. The number of carbonyl (C=O) groups excluding carboxylic acids is 1. The Bertz CT molecular complexity index is 547. The van der Waals surface area contributed by atoms with E-state index in [2.05, 4.69) is 6.92 Å². The Morgan fingerprint density at radius 3 is 2.70 bits per heavy atom. The van der Waals surface area contributed by atoms with Gasteiger partial charge in [0.2, 0.25) is 0 Å². The minimum Gasteiger partial charge on any atom is -0.398 e. The van der Waals surface area contributed by atoms with Gasteiger partial charge >= 0.3 is 0 Å². The predicted molar refractivity (Wildman–Crippen MR) is 92.2 cm³/mol. The number of likely N-dealkylation sites (N-methyl/N-ethyl adjacent to an activating group) is 1. The first-order valence-electron chi connectivity index (χ1n) is 8.51. The van der Waals surface area contributed by atoms with Crippen molar-refractivity contribution >= 4 is 17.3 Å². The van der Waals surface area contributed by atoms with Crippen molar-refractivity contribution in [2.24, 2.45) is 0 Å². The first-order chi connectivity index (χ1) is 11.0. The van der Waals surface area contributed by atoms with Gasteiger partial charge in [0.15, 0.2) is 0 Å². The van der Waals surface area contributed by atoms with Crippen LogP contribution in [0.4, 0.5) is 11.4 Å². The zero-order chi connectivity index (χ0) is 16.9. The molecule has 1 heterocycles. The van der Waals surface area contributed by atoms with E-state index in [1.807, 2.05) is 6.07 Å². The number of fused-ring (bicyclic) bond motifs is 1. The fraction of sp³-hybridized carbons (Fsp3) is 0.611. The topological polar surface area (TPSA) is 75.8 Å². The van der Waals surface area contributed by atoms with Gasteiger partial charge in [0, 0.05) is 30.4 Å². The van der Waals surface area contributed by atoms with Crippen LogP contribution in [-0.4, -0.2) is 30.5 Å². The lowest BCUT2D eigenvalue weighted by Crippen LogP contribution is -2.54. The second-order valence-corrected chi connectivity index (χ2v) is 6.29. The molecule has 1 aromatic rings. The van der Waals surface area contributed by atoms with E-state index in [-0.39, 0.29) is 6.42 Å². The Labute approximate surface area is 138 Å². The summed E-state index contributed by atoms with van der Waals surface area (Å²) in [5.41, 5.74) is 8.06. The van der Waals surface area contributed by atoms with Crippen LogP contribution in [0.1, 0.15) is 51.0 Å². The van der Waals surface area contributed by atoms with E-state index < -0.39 is 11.7 Å². The van der Waals surface area contributed by atoms with Crippen LogP contribution in [0.3, 0.4) is 0 Å². The third-order valence-corrected chi connectivity index (χ3v) is 4.44. The minimum atomic E-state index is -1.80. The molecular formula is C18H28N2O3. The Morgan fingerprint density at radius 2 is 1.96 bits per heavy atom. The maximum atomic E-state index is 12.4. The van der Waals surface area contributed by atoms with Crippen molar-refractivity contribution in [1.29, 1.82) is 0 Å². The van der Waals surface area contributed by atoms with Crippen molar-refractivity contribution in [2.45, 2.75) is 57.7 Å². The van der Waals surface area contributed by atoms with E-state index >= 15 is 0 Å². The van der Waals surface area contributed by atoms with Crippen LogP contribution in [0.15, 0.2) is 18.2 Å². The third-order valence-electron chi connectivity index (χ3n) is 4.44. The summed E-state index contributed by atoms with van der Waals surface area (Å²) in [5, 5.41) is 10.7. The number of nitrogens with zero attached hydrogens (tertiary/aromatic N) is 1. The highest BCUT2D eigenvalue weighted by atomic mass is 16.6. The number of hydrogen-bond donors (Lipinski definition) is 2. The maximum absolute atomic E-state index is 12.4. The predicted octanol–water partition coefficient (Wildman–Crippen LogP) is 2.85. The average molecular weight is 320 g/mol. The first-order valence-corrected chi connectivity index (χ1v) is 8.51. The minimum absolute atomic E-state index is 0.105. The van der Waals surface area contributed by atoms with Crippen LogP contribution >= 0.6 is 0 Å². The number of aliphatic hydroxyl groups is 1. The molecule has 2 rings (SSSR count). The number of rotatable bonds is 8. The summed E-state index contributed by atoms with van der Waals surface area (Å²) in [7, 11) is 1.64. The highest BCUT2D eigenvalue weighted by molar-refractivity contribution is 6.01. The van der Waals surface area contributed by atoms with Crippen LogP contribution < -0.4 is 10.6 Å². The summed E-state index contributed by atoms with van der Waals surface area (Å²) in [6.07, 6.45) is 6.88. The second-order valence-electron chi connectivity index (χ2n) is 6.29. The quantitative estimate of drug-likeness (QED) is 0.439. The number of unbranched alkanes of at least 4 members (excludes halogenated alkanes) is 5. The Morgan fingerprint density at radius 1 is 1.26 bits per heavy atom. The standard InChI is InChI=1S/C18H28N2O3/c1-3-4-5-6-7-8-12-23-18(22)13-14-15(19)10-9-11-16(14)20(2)17(18)21/h9-11,22H,3-8,12-13,19H2,1-2H3. The molecule has 0 radical (unpaired) electrons. The molecule has 1 aromatic carbocycles. The van der Waals surface area contributed by atoms with Crippen LogP contribution in [0.5, 0.6) is 0 Å². The van der Waals surface area contributed by atoms with Crippen molar-refractivity contribution in [2.75, 3.05) is 24.3 Å². The van der Waals surface area contributed by atoms with Crippen molar-refractivity contribution in [3.63, 3.8) is 0 Å². The van der Waals surface area contributed by atoms with Gasteiger partial charge in [-0.2, -0.15) is 0 Å². The first kappa shape index (κ1) is 17.8. The molecule has 128 valence electrons. The highest BCUT2D eigenvalue weighted by Crippen LogP contribution is 2.35. The van der Waals surface area contributed by atoms with Gasteiger partial charge < -0.3 is 20.5 Å². The molecule has 0 bridgehead atoms. The fourth-order valence-electron chi connectivity index (χ4n) is 3.02. The van der Waals surface area contributed by atoms with Crippen molar-refractivity contribution in [3.05, 3.63) is 23.8 Å². The summed E-state index contributed by atoms with van der Waals surface area (Å²) in [5.74, 6) is -2.23. The number of anilines is 2. The van der Waals surface area contributed by atoms with Gasteiger partial charge in [-0.15, -0.1) is 0 Å². The molecular weight excluding hydrogens is 292 g/mol. The lowest BCUT2D eigenvalue weighted by molar-refractivity contribution is -0.206. The normalized spacial score (nSPS) is 20.7. The van der Waals surface area contributed by atoms with E-state index in [1.165, 1.54) is 30.6 Å². The SMILES string of the molecule is CCCCCCCCOC1(O)Cc2c(N)cccc2N(C)C1=O. The van der Waals surface area contributed by atoms with Gasteiger partial charge in [-0.3, -0.25) is 4.79 Å². The summed E-state index contributed by atoms with van der Waals surface area (Å²) in [6, 6.07) is 5.41. The summed E-state index contributed by atoms with van der Waals surface area (Å²) < 4.78 is 5.58. The maximum Gasteiger partial charge on any atom is 0.287 e. The van der Waals surface area contributed by atoms with Gasteiger partial charge in [0.1, 0.15) is 0 Å². The number of nitrogens with two attached hydrogens (primary N) is 1. The molecule has 5 nitrogen and oxygen atoms in total. The molecule has 0 aromatic heterocycles. The van der Waals surface area contributed by atoms with Gasteiger partial charge in [0.05, 0.1) is 6.61 Å². The van der Waals surface area contributed by atoms with E-state index in [0.717, 1.165) is 24.1 Å². The van der Waals surface area contributed by atoms with E-state index in [4.69, 9.17) is 10.5 Å². The van der Waals surface area contributed by atoms with Gasteiger partial charge in [-0.05, 0) is 18.6 Å². The summed E-state index contributed by atoms with van der Waals surface area (Å²) in [4.78, 5) is 13.9. The van der Waals surface area contributed by atoms with Crippen LogP contribution in [0, 0.1) is 0 Å². The Hall–Kier alpha value is -1.59. The van der Waals surface area contributed by atoms with E-state index in [1.54, 1.807) is 19.2 Å². The molecule has 3 N–H and O–H groups in total. The van der Waals surface area contributed by atoms with E-state index in [9.17, 15) is 9.90 Å². The zero-order valence-electron chi connectivity index (χ0n) is 14.2. The average Bonchev–Trinajstić information content (AvgIpc) is 2.53. The number of amides is 1. The molecule has 0 aliphatic carbocycles. The van der Waals surface area contributed by atoms with Crippen molar-refractivity contribution in [3.8, 4) is 0 Å². The number of benzene rings is 1. The zero-order valence-corrected chi connectivity index (χ0v) is 14.2. The Balaban J connectivity index is 1.93. The van der Waals surface area contributed by atoms with Crippen LogP contribution in [0.2, 0.25) is 0 Å². The molecule has 23 heavy (non-hydrogen) atoms. The lowest BCUT2D eigenvalue weighted by atomic mass is 9.95. The van der Waals surface area contributed by atoms with Gasteiger partial charge in [-0.25, -0.2) is 0 Å². The number of ether oxygens (including phenoxy) is 1. The third kappa shape index (κ3) is 4.03. The van der Waals surface area contributed by atoms with Crippen LogP contribution in [-0.2, 0) is 16.0 Å². The summed E-state index contributed by atoms with van der Waals surface area (Å²) >= 11 is 0. The summed E-state index contributed by atoms with van der Waals surface area (Å²) in [6.45, 7) is 2.57. The molecule has 0 saturated carbocycles.